The zero-order valence-electron chi connectivity index (χ0n) is 33.2. The van der Waals surface area contributed by atoms with Crippen LogP contribution in [0.1, 0.15) is 41.7 Å². The van der Waals surface area contributed by atoms with Gasteiger partial charge in [0.25, 0.3) is 0 Å². The molecule has 0 fully saturated rings. The van der Waals surface area contributed by atoms with E-state index in [1.54, 1.807) is 0 Å². The third kappa shape index (κ3) is 6.49. The topological polar surface area (TPSA) is 36.2 Å². The van der Waals surface area contributed by atoms with E-state index in [2.05, 4.69) is 172 Å². The van der Waals surface area contributed by atoms with Gasteiger partial charge in [-0.3, -0.25) is 4.99 Å². The molecule has 0 amide bonds. The summed E-state index contributed by atoms with van der Waals surface area (Å²) in [5, 5.41) is 14.0. The average Bonchev–Trinajstić information content (AvgIpc) is 3.53. The van der Waals surface area contributed by atoms with Gasteiger partial charge in [-0.05, 0) is 94.9 Å². The quantitative estimate of drug-likeness (QED) is 0.150. The first-order valence-electron chi connectivity index (χ1n) is 20.3. The maximum atomic E-state index is 9.05. The smallest absolute Gasteiger partial charge is 0.0729 e. The Hall–Kier alpha value is -7.42. The average molecular weight is 755 g/mol. The zero-order valence-corrected chi connectivity index (χ0v) is 33.2. The van der Waals surface area contributed by atoms with E-state index in [4.69, 9.17) is 10.4 Å². The molecular formula is C57H42N2. The van der Waals surface area contributed by atoms with Crippen LogP contribution in [0.3, 0.4) is 0 Å². The van der Waals surface area contributed by atoms with Crippen molar-refractivity contribution in [3.05, 3.63) is 234 Å². The van der Waals surface area contributed by atoms with E-state index in [0.717, 1.165) is 38.9 Å². The summed E-state index contributed by atoms with van der Waals surface area (Å²) in [7, 11) is 0. The summed E-state index contributed by atoms with van der Waals surface area (Å²) in [5.74, 6) is 0. The molecule has 0 spiro atoms. The van der Waals surface area contributed by atoms with Crippen molar-refractivity contribution in [3.8, 4) is 44.5 Å². The van der Waals surface area contributed by atoms with Crippen molar-refractivity contribution in [2.45, 2.75) is 19.3 Å². The highest BCUT2D eigenvalue weighted by atomic mass is 14.7. The molecule has 0 heterocycles. The molecule has 1 aliphatic rings. The second kappa shape index (κ2) is 14.8. The van der Waals surface area contributed by atoms with Crippen molar-refractivity contribution in [2.75, 3.05) is 0 Å². The Morgan fingerprint density at radius 1 is 0.475 bits per heavy atom. The van der Waals surface area contributed by atoms with Crippen LogP contribution >= 0.6 is 0 Å². The first-order valence-corrected chi connectivity index (χ1v) is 20.3. The predicted octanol–water partition coefficient (Wildman–Crippen LogP) is 14.8. The Morgan fingerprint density at radius 2 is 1.07 bits per heavy atom. The van der Waals surface area contributed by atoms with E-state index in [9.17, 15) is 0 Å². The summed E-state index contributed by atoms with van der Waals surface area (Å²) in [6.07, 6.45) is 3.84. The first-order chi connectivity index (χ1) is 28.9. The van der Waals surface area contributed by atoms with Gasteiger partial charge in [0, 0.05) is 22.8 Å². The number of hydrogen-bond donors (Lipinski definition) is 1. The lowest BCUT2D eigenvalue weighted by Gasteiger charge is -2.23. The lowest BCUT2D eigenvalue weighted by molar-refractivity contribution is 0.666. The number of nitrogens with one attached hydrogen (secondary N) is 1. The van der Waals surface area contributed by atoms with Gasteiger partial charge in [0.15, 0.2) is 0 Å². The van der Waals surface area contributed by atoms with Gasteiger partial charge in [0.2, 0.25) is 0 Å². The zero-order chi connectivity index (χ0) is 39.9. The maximum Gasteiger partial charge on any atom is 0.0729 e. The van der Waals surface area contributed by atoms with Crippen LogP contribution < -0.4 is 0 Å². The molecule has 10 rings (SSSR count). The van der Waals surface area contributed by atoms with Crippen molar-refractivity contribution < 1.29 is 0 Å². The molecule has 9 aromatic carbocycles. The Balaban J connectivity index is 0.990. The number of hydrogen-bond acceptors (Lipinski definition) is 2. The van der Waals surface area contributed by atoms with Crippen LogP contribution in [0.4, 0.5) is 0 Å². The molecule has 2 nitrogen and oxygen atoms in total. The number of aliphatic imine (C=N–C) groups is 1. The molecule has 0 aliphatic heterocycles. The van der Waals surface area contributed by atoms with Gasteiger partial charge in [-0.25, -0.2) is 0 Å². The summed E-state index contributed by atoms with van der Waals surface area (Å²) >= 11 is 0. The molecule has 280 valence electrons. The summed E-state index contributed by atoms with van der Waals surface area (Å²) in [6, 6.07) is 70.9. The highest BCUT2D eigenvalue weighted by Crippen LogP contribution is 2.52. The van der Waals surface area contributed by atoms with E-state index in [1.165, 1.54) is 60.7 Å². The van der Waals surface area contributed by atoms with Crippen molar-refractivity contribution in [2.24, 2.45) is 4.99 Å². The SMILES string of the molecule is CC1(C)c2cc(-c3ccc(-c4ccc(C=N/C(=C\C(=N)c5ccccc5)c5ccccc5-c5ccccc5)c5ccccc45)cc3)ccc2-c2ccc3ccccc3c21. The highest BCUT2D eigenvalue weighted by molar-refractivity contribution is 6.12. The van der Waals surface area contributed by atoms with Crippen LogP contribution in [0, 0.1) is 5.41 Å². The van der Waals surface area contributed by atoms with Crippen LogP contribution in [0.5, 0.6) is 0 Å². The Kier molecular flexibility index (Phi) is 9.03. The van der Waals surface area contributed by atoms with E-state index in [-0.39, 0.29) is 5.41 Å². The van der Waals surface area contributed by atoms with E-state index < -0.39 is 0 Å². The molecule has 59 heavy (non-hydrogen) atoms. The van der Waals surface area contributed by atoms with Crippen molar-refractivity contribution in [1.29, 1.82) is 5.41 Å². The Labute approximate surface area is 346 Å². The lowest BCUT2D eigenvalue weighted by atomic mass is 9.79. The minimum absolute atomic E-state index is 0.100. The molecule has 2 heteroatoms. The molecule has 0 saturated heterocycles. The van der Waals surface area contributed by atoms with Gasteiger partial charge in [0.05, 0.1) is 11.4 Å². The predicted molar refractivity (Wildman–Crippen MR) is 251 cm³/mol. The fourth-order valence-electron chi connectivity index (χ4n) is 9.05. The molecule has 0 unspecified atom stereocenters. The largest absolute Gasteiger partial charge is 0.300 e. The molecular weight excluding hydrogens is 713 g/mol. The maximum absolute atomic E-state index is 9.05. The third-order valence-corrected chi connectivity index (χ3v) is 12.0. The van der Waals surface area contributed by atoms with E-state index in [1.807, 2.05) is 54.8 Å². The van der Waals surface area contributed by atoms with Gasteiger partial charge in [-0.15, -0.1) is 0 Å². The van der Waals surface area contributed by atoms with E-state index >= 15 is 0 Å². The Bertz CT molecular complexity index is 3110. The fraction of sp³-hybridized carbons (Fsp3) is 0.0526. The van der Waals surface area contributed by atoms with Crippen LogP contribution in [0.2, 0.25) is 0 Å². The summed E-state index contributed by atoms with van der Waals surface area (Å²) in [4.78, 5) is 5.17. The Morgan fingerprint density at radius 3 is 1.86 bits per heavy atom. The minimum Gasteiger partial charge on any atom is -0.300 e. The number of benzene rings is 9. The fourth-order valence-corrected chi connectivity index (χ4v) is 9.05. The first kappa shape index (κ1) is 36.0. The number of allylic oxidation sites excluding steroid dienone is 1. The van der Waals surface area contributed by atoms with Gasteiger partial charge in [-0.1, -0.05) is 208 Å². The molecule has 0 aromatic heterocycles. The summed E-state index contributed by atoms with van der Waals surface area (Å²) in [6.45, 7) is 4.74. The number of fused-ring (bicyclic) bond motifs is 6. The number of nitrogens with zero attached hydrogens (tertiary/aromatic N) is 1. The highest BCUT2D eigenvalue weighted by Gasteiger charge is 2.37. The third-order valence-electron chi connectivity index (χ3n) is 12.0. The van der Waals surface area contributed by atoms with E-state index in [0.29, 0.717) is 5.71 Å². The van der Waals surface area contributed by atoms with Crippen LogP contribution in [-0.2, 0) is 5.41 Å². The van der Waals surface area contributed by atoms with Gasteiger partial charge in [0.1, 0.15) is 0 Å². The molecule has 1 aliphatic carbocycles. The normalized spacial score (nSPS) is 13.2. The van der Waals surface area contributed by atoms with Gasteiger partial charge >= 0.3 is 0 Å². The summed E-state index contributed by atoms with van der Waals surface area (Å²) in [5.41, 5.74) is 16.3. The minimum atomic E-state index is -0.100. The van der Waals surface area contributed by atoms with Crippen molar-refractivity contribution in [1.82, 2.24) is 0 Å². The van der Waals surface area contributed by atoms with Gasteiger partial charge in [-0.2, -0.15) is 0 Å². The second-order valence-corrected chi connectivity index (χ2v) is 15.9. The molecule has 9 aromatic rings. The molecule has 0 bridgehead atoms. The van der Waals surface area contributed by atoms with Crippen LogP contribution in [0.15, 0.2) is 211 Å². The van der Waals surface area contributed by atoms with Gasteiger partial charge < -0.3 is 5.41 Å². The summed E-state index contributed by atoms with van der Waals surface area (Å²) < 4.78 is 0. The van der Waals surface area contributed by atoms with Crippen molar-refractivity contribution in [3.63, 3.8) is 0 Å². The van der Waals surface area contributed by atoms with Crippen LogP contribution in [-0.4, -0.2) is 11.9 Å². The molecule has 0 radical (unpaired) electrons. The molecule has 0 atom stereocenters. The lowest BCUT2D eigenvalue weighted by Crippen LogP contribution is -2.15. The molecule has 1 N–H and O–H groups in total. The standard InChI is InChI=1S/C57H42N2/c1-57(2)53-35-43(30-33-50(53)52-34-29-40-17-9-10-22-48(40)56(52)57)38-25-27-41(28-26-38)47-32-31-44(46-21-11-13-23-49(46)47)37-59-55(36-54(58)42-18-7-4-8-19-42)51-24-14-12-20-45(51)39-15-5-3-6-16-39/h3-37,58H,1-2H3/b55-36-,58-54?,59-37?. The number of rotatable bonds is 8. The van der Waals surface area contributed by atoms with Crippen LogP contribution in [0.25, 0.3) is 71.7 Å². The molecule has 0 saturated carbocycles. The second-order valence-electron chi connectivity index (χ2n) is 15.9. The van der Waals surface area contributed by atoms with Crippen molar-refractivity contribution >= 4 is 39.2 Å². The monoisotopic (exact) mass is 754 g/mol.